The van der Waals surface area contributed by atoms with Crippen LogP contribution in [-0.4, -0.2) is 35.6 Å². The summed E-state index contributed by atoms with van der Waals surface area (Å²) in [6.07, 6.45) is 0. The third-order valence-electron chi connectivity index (χ3n) is 3.39. The number of amides is 2. The lowest BCUT2D eigenvalue weighted by Crippen LogP contribution is -2.36. The molecule has 2 aromatic carbocycles. The molecule has 0 aliphatic rings. The third kappa shape index (κ3) is 4.87. The van der Waals surface area contributed by atoms with Crippen molar-refractivity contribution in [2.24, 2.45) is 5.73 Å². The third-order valence-corrected chi connectivity index (χ3v) is 3.39. The van der Waals surface area contributed by atoms with Gasteiger partial charge >= 0.3 is 0 Å². The Morgan fingerprint density at radius 1 is 1.04 bits per heavy atom. The Labute approximate surface area is 148 Å². The Hall–Kier alpha value is -3.75. The number of non-ortho nitro benzene ring substituents is 1. The van der Waals surface area contributed by atoms with E-state index in [1.165, 1.54) is 12.1 Å². The van der Waals surface area contributed by atoms with E-state index in [0.717, 1.165) is 6.07 Å². The molecule has 2 aromatic rings. The van der Waals surface area contributed by atoms with Crippen molar-refractivity contribution in [2.75, 3.05) is 18.4 Å². The molecule has 9 nitrogen and oxygen atoms in total. The van der Waals surface area contributed by atoms with E-state index in [0.29, 0.717) is 5.56 Å². The number of nitro groups is 1. The summed E-state index contributed by atoms with van der Waals surface area (Å²) < 4.78 is 0. The normalized spacial score (nSPS) is 10.0. The first kappa shape index (κ1) is 18.6. The van der Waals surface area contributed by atoms with Crippen molar-refractivity contribution in [2.45, 2.75) is 0 Å². The highest BCUT2D eigenvalue weighted by molar-refractivity contribution is 6.12. The van der Waals surface area contributed by atoms with E-state index >= 15 is 0 Å². The number of hydrogen-bond donors (Lipinski definition) is 3. The summed E-state index contributed by atoms with van der Waals surface area (Å²) in [6, 6.07) is 12.0. The van der Waals surface area contributed by atoms with Gasteiger partial charge in [0.1, 0.15) is 0 Å². The Kier molecular flexibility index (Phi) is 5.99. The highest BCUT2D eigenvalue weighted by atomic mass is 16.6. The number of hydrogen-bond acceptors (Lipinski definition) is 6. The molecule has 0 atom stereocenters. The van der Waals surface area contributed by atoms with E-state index in [2.05, 4.69) is 10.6 Å². The van der Waals surface area contributed by atoms with Crippen LogP contribution < -0.4 is 16.4 Å². The Bertz CT molecular complexity index is 851. The van der Waals surface area contributed by atoms with Gasteiger partial charge in [-0.15, -0.1) is 0 Å². The van der Waals surface area contributed by atoms with Gasteiger partial charge in [0.2, 0.25) is 11.8 Å². The van der Waals surface area contributed by atoms with Gasteiger partial charge in [-0.25, -0.2) is 0 Å². The molecule has 134 valence electrons. The maximum Gasteiger partial charge on any atom is 0.270 e. The minimum atomic E-state index is -0.686. The van der Waals surface area contributed by atoms with Crippen LogP contribution in [0.2, 0.25) is 0 Å². The Balaban J connectivity index is 2.25. The van der Waals surface area contributed by atoms with Crippen molar-refractivity contribution < 1.29 is 19.3 Å². The number of anilines is 1. The second kappa shape index (κ2) is 8.38. The highest BCUT2D eigenvalue weighted by Gasteiger charge is 2.18. The summed E-state index contributed by atoms with van der Waals surface area (Å²) in [5, 5.41) is 16.0. The molecule has 0 saturated heterocycles. The number of nitrogens with one attached hydrogen (secondary N) is 2. The van der Waals surface area contributed by atoms with Gasteiger partial charge in [-0.05, 0) is 6.07 Å². The number of carbonyl (C=O) groups excluding carboxylic acids is 3. The fourth-order valence-corrected chi connectivity index (χ4v) is 2.16. The smallest absolute Gasteiger partial charge is 0.270 e. The largest absolute Gasteiger partial charge is 0.376 e. The van der Waals surface area contributed by atoms with E-state index in [1.54, 1.807) is 30.3 Å². The number of benzene rings is 2. The summed E-state index contributed by atoms with van der Waals surface area (Å²) in [5.41, 5.74) is 5.38. The van der Waals surface area contributed by atoms with Gasteiger partial charge in [0.15, 0.2) is 5.78 Å². The lowest BCUT2D eigenvalue weighted by atomic mass is 10.0. The first-order valence-corrected chi connectivity index (χ1v) is 7.55. The average molecular weight is 356 g/mol. The van der Waals surface area contributed by atoms with Crippen molar-refractivity contribution >= 4 is 29.0 Å². The maximum atomic E-state index is 12.7. The van der Waals surface area contributed by atoms with E-state index in [1.807, 2.05) is 0 Å². The van der Waals surface area contributed by atoms with E-state index < -0.39 is 22.5 Å². The molecule has 0 aromatic heterocycles. The van der Waals surface area contributed by atoms with Crippen LogP contribution in [0.3, 0.4) is 0 Å². The van der Waals surface area contributed by atoms with Crippen LogP contribution in [0.1, 0.15) is 15.9 Å². The van der Waals surface area contributed by atoms with Gasteiger partial charge in [-0.1, -0.05) is 30.3 Å². The lowest BCUT2D eigenvalue weighted by molar-refractivity contribution is -0.384. The number of carbonyl (C=O) groups is 3. The molecule has 0 bridgehead atoms. The standard InChI is InChI=1S/C17H16N4O5/c18-15(22)9-20-16(23)10-19-14-7-6-12(21(25)26)8-13(14)17(24)11-4-2-1-3-5-11/h1-8,19H,9-10H2,(H2,18,22)(H,20,23). The molecule has 0 aliphatic heterocycles. The quantitative estimate of drug-likeness (QED) is 0.363. The first-order chi connectivity index (χ1) is 12.4. The summed E-state index contributed by atoms with van der Waals surface area (Å²) in [7, 11) is 0. The van der Waals surface area contributed by atoms with Gasteiger partial charge in [0.05, 0.1) is 23.6 Å². The number of ketones is 1. The van der Waals surface area contributed by atoms with Crippen molar-refractivity contribution in [3.8, 4) is 0 Å². The molecule has 2 amide bonds. The van der Waals surface area contributed by atoms with Crippen LogP contribution in [0.5, 0.6) is 0 Å². The second-order valence-electron chi connectivity index (χ2n) is 5.28. The van der Waals surface area contributed by atoms with Crippen molar-refractivity contribution in [1.29, 1.82) is 0 Å². The number of nitro benzene ring substituents is 1. The fourth-order valence-electron chi connectivity index (χ4n) is 2.16. The van der Waals surface area contributed by atoms with Gasteiger partial charge in [0, 0.05) is 23.4 Å². The molecule has 0 saturated carbocycles. The molecule has 0 unspecified atom stereocenters. The van der Waals surface area contributed by atoms with Gasteiger partial charge in [-0.2, -0.15) is 0 Å². The topological polar surface area (TPSA) is 144 Å². The fraction of sp³-hybridized carbons (Fsp3) is 0.118. The zero-order valence-corrected chi connectivity index (χ0v) is 13.6. The molecule has 2 rings (SSSR count). The number of primary amides is 1. The monoisotopic (exact) mass is 356 g/mol. The highest BCUT2D eigenvalue weighted by Crippen LogP contribution is 2.24. The summed E-state index contributed by atoms with van der Waals surface area (Å²) in [6.45, 7) is -0.545. The van der Waals surface area contributed by atoms with Crippen molar-refractivity contribution in [1.82, 2.24) is 5.32 Å². The van der Waals surface area contributed by atoms with Crippen LogP contribution in [0.4, 0.5) is 11.4 Å². The van der Waals surface area contributed by atoms with Crippen LogP contribution in [0, 0.1) is 10.1 Å². The number of nitrogens with two attached hydrogens (primary N) is 1. The minimum absolute atomic E-state index is 0.0631. The van der Waals surface area contributed by atoms with Crippen molar-refractivity contribution in [3.05, 3.63) is 69.8 Å². The van der Waals surface area contributed by atoms with Crippen LogP contribution in [0.15, 0.2) is 48.5 Å². The minimum Gasteiger partial charge on any atom is -0.376 e. The Morgan fingerprint density at radius 2 is 1.73 bits per heavy atom. The summed E-state index contributed by atoms with van der Waals surface area (Å²) >= 11 is 0. The molecule has 0 radical (unpaired) electrons. The van der Waals surface area contributed by atoms with E-state index in [-0.39, 0.29) is 30.0 Å². The van der Waals surface area contributed by atoms with Crippen LogP contribution in [0.25, 0.3) is 0 Å². The van der Waals surface area contributed by atoms with Crippen LogP contribution in [-0.2, 0) is 9.59 Å². The summed E-state index contributed by atoms with van der Waals surface area (Å²) in [5.74, 6) is -1.62. The second-order valence-corrected chi connectivity index (χ2v) is 5.28. The lowest BCUT2D eigenvalue weighted by Gasteiger charge is -2.11. The summed E-state index contributed by atoms with van der Waals surface area (Å²) in [4.78, 5) is 45.4. The molecule has 0 fully saturated rings. The first-order valence-electron chi connectivity index (χ1n) is 7.55. The van der Waals surface area contributed by atoms with E-state index in [9.17, 15) is 24.5 Å². The predicted molar refractivity (Wildman–Crippen MR) is 93.7 cm³/mol. The average Bonchev–Trinajstić information content (AvgIpc) is 2.64. The molecule has 9 heteroatoms. The molecule has 0 spiro atoms. The maximum absolute atomic E-state index is 12.7. The molecule has 4 N–H and O–H groups in total. The Morgan fingerprint density at radius 3 is 2.35 bits per heavy atom. The van der Waals surface area contributed by atoms with E-state index in [4.69, 9.17) is 5.73 Å². The zero-order valence-electron chi connectivity index (χ0n) is 13.6. The van der Waals surface area contributed by atoms with Crippen molar-refractivity contribution in [3.63, 3.8) is 0 Å². The number of rotatable bonds is 8. The molecular weight excluding hydrogens is 340 g/mol. The van der Waals surface area contributed by atoms with Gasteiger partial charge < -0.3 is 16.4 Å². The molecule has 0 heterocycles. The number of nitrogens with zero attached hydrogens (tertiary/aromatic N) is 1. The molecule has 0 aliphatic carbocycles. The zero-order chi connectivity index (χ0) is 19.1. The van der Waals surface area contributed by atoms with Gasteiger partial charge in [-0.3, -0.25) is 24.5 Å². The molecule has 26 heavy (non-hydrogen) atoms. The predicted octanol–water partition coefficient (Wildman–Crippen LogP) is 0.839. The SMILES string of the molecule is NC(=O)CNC(=O)CNc1ccc([N+](=O)[O-])cc1C(=O)c1ccccc1. The van der Waals surface area contributed by atoms with Gasteiger partial charge in [0.25, 0.3) is 5.69 Å². The molecular formula is C17H16N4O5. The van der Waals surface area contributed by atoms with Crippen LogP contribution >= 0.6 is 0 Å².